The first-order valence-electron chi connectivity index (χ1n) is 8.37. The molecule has 1 heterocycles. The van der Waals surface area contributed by atoms with E-state index in [1.165, 1.54) is 0 Å². The average Bonchev–Trinajstić information content (AvgIpc) is 3.07. The maximum atomic E-state index is 9.16. The predicted molar refractivity (Wildman–Crippen MR) is 102 cm³/mol. The van der Waals surface area contributed by atoms with Crippen molar-refractivity contribution in [2.24, 2.45) is 0 Å². The molecule has 4 aromatic rings. The minimum absolute atomic E-state index is 0.650. The minimum Gasteiger partial charge on any atom is -0.497 e. The number of imidazole rings is 1. The highest BCUT2D eigenvalue weighted by molar-refractivity contribution is 5.80. The van der Waals surface area contributed by atoms with Gasteiger partial charge in [-0.1, -0.05) is 24.3 Å². The molecular weight excluding hydrogens is 322 g/mol. The molecule has 3 aromatic carbocycles. The van der Waals surface area contributed by atoms with Crippen molar-refractivity contribution in [2.45, 2.75) is 6.54 Å². The van der Waals surface area contributed by atoms with Crippen LogP contribution in [0.2, 0.25) is 0 Å². The van der Waals surface area contributed by atoms with Gasteiger partial charge in [0.25, 0.3) is 0 Å². The highest BCUT2D eigenvalue weighted by atomic mass is 16.5. The molecule has 0 aliphatic carbocycles. The lowest BCUT2D eigenvalue weighted by molar-refractivity contribution is 0.415. The molecule has 0 fully saturated rings. The summed E-state index contributed by atoms with van der Waals surface area (Å²) >= 11 is 0. The van der Waals surface area contributed by atoms with Crippen LogP contribution < -0.4 is 4.74 Å². The Labute approximate surface area is 151 Å². The molecule has 0 N–H and O–H groups in total. The monoisotopic (exact) mass is 339 g/mol. The molecule has 4 heteroatoms. The van der Waals surface area contributed by atoms with Crippen molar-refractivity contribution < 1.29 is 4.74 Å². The van der Waals surface area contributed by atoms with Crippen molar-refractivity contribution in [1.82, 2.24) is 9.55 Å². The van der Waals surface area contributed by atoms with E-state index in [1.807, 2.05) is 66.7 Å². The van der Waals surface area contributed by atoms with Gasteiger partial charge in [0.1, 0.15) is 11.6 Å². The highest BCUT2D eigenvalue weighted by Gasteiger charge is 2.13. The summed E-state index contributed by atoms with van der Waals surface area (Å²) < 4.78 is 7.45. The number of hydrogen-bond donors (Lipinski definition) is 0. The van der Waals surface area contributed by atoms with Crippen LogP contribution in [0, 0.1) is 11.3 Å². The molecule has 0 unspecified atom stereocenters. The summed E-state index contributed by atoms with van der Waals surface area (Å²) in [5.41, 5.74) is 4.79. The van der Waals surface area contributed by atoms with E-state index in [0.29, 0.717) is 12.1 Å². The fourth-order valence-electron chi connectivity index (χ4n) is 3.12. The molecule has 1 aromatic heterocycles. The number of nitriles is 1. The van der Waals surface area contributed by atoms with Crippen LogP contribution in [0.3, 0.4) is 0 Å². The van der Waals surface area contributed by atoms with Crippen molar-refractivity contribution >= 4 is 11.0 Å². The molecule has 4 rings (SSSR count). The van der Waals surface area contributed by atoms with Gasteiger partial charge in [-0.05, 0) is 54.1 Å². The first kappa shape index (κ1) is 15.9. The molecule has 0 radical (unpaired) electrons. The van der Waals surface area contributed by atoms with E-state index in [4.69, 9.17) is 15.0 Å². The van der Waals surface area contributed by atoms with Crippen LogP contribution in [-0.4, -0.2) is 16.7 Å². The molecule has 4 nitrogen and oxygen atoms in total. The smallest absolute Gasteiger partial charge is 0.141 e. The normalized spacial score (nSPS) is 10.6. The summed E-state index contributed by atoms with van der Waals surface area (Å²) in [7, 11) is 1.66. The van der Waals surface area contributed by atoms with E-state index in [0.717, 1.165) is 33.7 Å². The summed E-state index contributed by atoms with van der Waals surface area (Å²) in [5.74, 6) is 1.72. The summed E-state index contributed by atoms with van der Waals surface area (Å²) in [5, 5.41) is 9.16. The largest absolute Gasteiger partial charge is 0.497 e. The summed E-state index contributed by atoms with van der Waals surface area (Å²) in [6, 6.07) is 25.9. The quantitative estimate of drug-likeness (QED) is 0.544. The van der Waals surface area contributed by atoms with E-state index >= 15 is 0 Å². The zero-order valence-corrected chi connectivity index (χ0v) is 14.4. The number of fused-ring (bicyclic) bond motifs is 1. The van der Waals surface area contributed by atoms with Gasteiger partial charge in [-0.2, -0.15) is 5.26 Å². The van der Waals surface area contributed by atoms with Crippen molar-refractivity contribution in [1.29, 1.82) is 5.26 Å². The molecule has 26 heavy (non-hydrogen) atoms. The van der Waals surface area contributed by atoms with Crippen LogP contribution in [0.1, 0.15) is 11.1 Å². The lowest BCUT2D eigenvalue weighted by Crippen LogP contribution is -2.02. The molecule has 0 spiro atoms. The minimum atomic E-state index is 0.650. The van der Waals surface area contributed by atoms with Crippen LogP contribution in [0.4, 0.5) is 0 Å². The maximum absolute atomic E-state index is 9.16. The highest BCUT2D eigenvalue weighted by Crippen LogP contribution is 2.27. The van der Waals surface area contributed by atoms with Gasteiger partial charge < -0.3 is 9.30 Å². The van der Waals surface area contributed by atoms with Crippen molar-refractivity contribution in [3.63, 3.8) is 0 Å². The van der Waals surface area contributed by atoms with E-state index in [-0.39, 0.29) is 0 Å². The van der Waals surface area contributed by atoms with Crippen LogP contribution in [-0.2, 0) is 6.54 Å². The Morgan fingerprint density at radius 3 is 2.58 bits per heavy atom. The fourth-order valence-corrected chi connectivity index (χ4v) is 3.12. The van der Waals surface area contributed by atoms with Gasteiger partial charge in [0.15, 0.2) is 0 Å². The lowest BCUT2D eigenvalue weighted by atomic mass is 10.1. The number of benzene rings is 3. The Hall–Kier alpha value is -3.58. The van der Waals surface area contributed by atoms with Crippen LogP contribution in [0.5, 0.6) is 5.75 Å². The molecular formula is C22H17N3O. The SMILES string of the molecule is COc1ccc(-c2nc3ccccc3n2Cc2cccc(C#N)c2)cc1. The molecule has 0 atom stereocenters. The van der Waals surface area contributed by atoms with E-state index < -0.39 is 0 Å². The lowest BCUT2D eigenvalue weighted by Gasteiger charge is -2.10. The number of ether oxygens (including phenoxy) is 1. The van der Waals surface area contributed by atoms with Gasteiger partial charge in [-0.3, -0.25) is 0 Å². The van der Waals surface area contributed by atoms with Crippen molar-refractivity contribution in [2.75, 3.05) is 7.11 Å². The number of aromatic nitrogens is 2. The molecule has 126 valence electrons. The Morgan fingerprint density at radius 2 is 1.81 bits per heavy atom. The third kappa shape index (κ3) is 2.91. The summed E-state index contributed by atoms with van der Waals surface area (Å²) in [6.45, 7) is 0.650. The third-order valence-corrected chi connectivity index (χ3v) is 4.40. The third-order valence-electron chi connectivity index (χ3n) is 4.40. The predicted octanol–water partition coefficient (Wildman–Crippen LogP) is 4.63. The van der Waals surface area contributed by atoms with Gasteiger partial charge in [0, 0.05) is 12.1 Å². The molecule has 0 bridgehead atoms. The zero-order chi connectivity index (χ0) is 17.9. The van der Waals surface area contributed by atoms with E-state index in [2.05, 4.69) is 16.7 Å². The topological polar surface area (TPSA) is 50.8 Å². The summed E-state index contributed by atoms with van der Waals surface area (Å²) in [6.07, 6.45) is 0. The second kappa shape index (κ2) is 6.73. The van der Waals surface area contributed by atoms with Gasteiger partial charge in [0.05, 0.1) is 29.8 Å². The molecule has 0 saturated carbocycles. The Balaban J connectivity index is 1.84. The average molecular weight is 339 g/mol. The Kier molecular flexibility index (Phi) is 4.12. The molecule has 0 aliphatic rings. The first-order valence-corrected chi connectivity index (χ1v) is 8.37. The molecule has 0 amide bonds. The number of nitrogens with zero attached hydrogens (tertiary/aromatic N) is 3. The van der Waals surface area contributed by atoms with Crippen LogP contribution in [0.25, 0.3) is 22.4 Å². The number of methoxy groups -OCH3 is 1. The van der Waals surface area contributed by atoms with Gasteiger partial charge in [-0.25, -0.2) is 4.98 Å². The van der Waals surface area contributed by atoms with Crippen molar-refractivity contribution in [3.05, 3.63) is 83.9 Å². The zero-order valence-electron chi connectivity index (χ0n) is 14.4. The Morgan fingerprint density at radius 1 is 1.00 bits per heavy atom. The van der Waals surface area contributed by atoms with Crippen molar-refractivity contribution in [3.8, 4) is 23.2 Å². The second-order valence-electron chi connectivity index (χ2n) is 6.05. The van der Waals surface area contributed by atoms with Gasteiger partial charge in [0.2, 0.25) is 0 Å². The van der Waals surface area contributed by atoms with Crippen LogP contribution >= 0.6 is 0 Å². The van der Waals surface area contributed by atoms with Gasteiger partial charge in [-0.15, -0.1) is 0 Å². The Bertz CT molecular complexity index is 1100. The maximum Gasteiger partial charge on any atom is 0.141 e. The fraction of sp³-hybridized carbons (Fsp3) is 0.0909. The summed E-state index contributed by atoms with van der Waals surface area (Å²) in [4.78, 5) is 4.83. The van der Waals surface area contributed by atoms with E-state index in [1.54, 1.807) is 7.11 Å². The number of hydrogen-bond acceptors (Lipinski definition) is 3. The standard InChI is InChI=1S/C22H17N3O/c1-26-19-11-9-18(10-12-19)22-24-20-7-2-3-8-21(20)25(22)15-17-6-4-5-16(13-17)14-23/h2-13H,15H2,1H3. The molecule has 0 aliphatic heterocycles. The molecule has 0 saturated heterocycles. The number of rotatable bonds is 4. The first-order chi connectivity index (χ1) is 12.8. The van der Waals surface area contributed by atoms with E-state index in [9.17, 15) is 0 Å². The number of para-hydroxylation sites is 2. The van der Waals surface area contributed by atoms with Gasteiger partial charge >= 0.3 is 0 Å². The van der Waals surface area contributed by atoms with Crippen LogP contribution in [0.15, 0.2) is 72.8 Å². The second-order valence-corrected chi connectivity index (χ2v) is 6.05.